The lowest BCUT2D eigenvalue weighted by Gasteiger charge is -2.24. The van der Waals surface area contributed by atoms with Gasteiger partial charge in [0.15, 0.2) is 0 Å². The molecule has 1 atom stereocenters. The Morgan fingerprint density at radius 2 is 1.85 bits per heavy atom. The van der Waals surface area contributed by atoms with Crippen molar-refractivity contribution in [2.24, 2.45) is 0 Å². The number of carbonyl (C=O) groups excluding carboxylic acids is 2. The van der Waals surface area contributed by atoms with Crippen LogP contribution in [0.1, 0.15) is 32.6 Å². The van der Waals surface area contributed by atoms with Crippen molar-refractivity contribution in [1.29, 1.82) is 0 Å². The minimum Gasteiger partial charge on any atom is -0.497 e. The van der Waals surface area contributed by atoms with Crippen LogP contribution in [0.4, 0.5) is 0 Å². The molecular weight excluding hydrogens is 370 g/mol. The van der Waals surface area contributed by atoms with Crippen LogP contribution in [0.25, 0.3) is 0 Å². The molecule has 27 heavy (non-hydrogen) atoms. The Hall–Kier alpha value is -2.13. The van der Waals surface area contributed by atoms with Crippen LogP contribution in [0.15, 0.2) is 29.2 Å². The molecule has 0 aliphatic carbocycles. The van der Waals surface area contributed by atoms with Crippen LogP contribution in [-0.2, 0) is 19.6 Å². The quantitative estimate of drug-likeness (QED) is 0.501. The van der Waals surface area contributed by atoms with Crippen molar-refractivity contribution in [3.8, 4) is 5.75 Å². The Bertz CT molecular complexity index is 749. The van der Waals surface area contributed by atoms with Crippen LogP contribution in [-0.4, -0.2) is 57.3 Å². The van der Waals surface area contributed by atoms with Gasteiger partial charge in [-0.1, -0.05) is 13.3 Å². The molecule has 0 aromatic heterocycles. The highest BCUT2D eigenvalue weighted by atomic mass is 32.2. The minimum atomic E-state index is -3.67. The van der Waals surface area contributed by atoms with Crippen LogP contribution >= 0.6 is 0 Å². The van der Waals surface area contributed by atoms with E-state index in [0.717, 1.165) is 12.8 Å². The largest absolute Gasteiger partial charge is 0.497 e. The van der Waals surface area contributed by atoms with Crippen LogP contribution in [0.5, 0.6) is 5.75 Å². The topological polar surface area (TPSA) is 105 Å². The zero-order chi connectivity index (χ0) is 19.9. The Labute approximate surface area is 160 Å². The molecule has 0 unspecified atom stereocenters. The summed E-state index contributed by atoms with van der Waals surface area (Å²) in [7, 11) is -2.16. The van der Waals surface area contributed by atoms with Crippen LogP contribution in [0.2, 0.25) is 0 Å². The predicted octanol–water partition coefficient (Wildman–Crippen LogP) is 0.881. The van der Waals surface area contributed by atoms with Gasteiger partial charge in [0.1, 0.15) is 5.75 Å². The van der Waals surface area contributed by atoms with E-state index in [4.69, 9.17) is 4.74 Å². The van der Waals surface area contributed by atoms with Crippen molar-refractivity contribution in [1.82, 2.24) is 14.9 Å². The number of methoxy groups -OCH3 is 1. The molecule has 2 amide bonds. The summed E-state index contributed by atoms with van der Waals surface area (Å²) in [6, 6.07) is 5.83. The monoisotopic (exact) mass is 397 g/mol. The van der Waals surface area contributed by atoms with Gasteiger partial charge in [0.25, 0.3) is 0 Å². The molecule has 150 valence electrons. The first-order valence-corrected chi connectivity index (χ1v) is 10.6. The molecule has 1 saturated heterocycles. The van der Waals surface area contributed by atoms with Crippen molar-refractivity contribution in [2.45, 2.75) is 43.5 Å². The molecule has 0 spiro atoms. The summed E-state index contributed by atoms with van der Waals surface area (Å²) in [5, 5.41) is 5.09. The summed E-state index contributed by atoms with van der Waals surface area (Å²) in [4.78, 5) is 23.8. The second-order valence-electron chi connectivity index (χ2n) is 6.41. The Kier molecular flexibility index (Phi) is 7.61. The van der Waals surface area contributed by atoms with Gasteiger partial charge in [-0.2, -0.15) is 4.31 Å². The van der Waals surface area contributed by atoms with Gasteiger partial charge in [-0.3, -0.25) is 9.59 Å². The molecule has 1 heterocycles. The van der Waals surface area contributed by atoms with E-state index in [1.54, 1.807) is 12.1 Å². The number of hydrogen-bond acceptors (Lipinski definition) is 5. The lowest BCUT2D eigenvalue weighted by Crippen LogP contribution is -2.47. The number of unbranched alkanes of at least 4 members (excludes halogenated alkanes) is 1. The fraction of sp³-hybridized carbons (Fsp3) is 0.556. The van der Waals surface area contributed by atoms with Gasteiger partial charge in [-0.25, -0.2) is 8.42 Å². The lowest BCUT2D eigenvalue weighted by molar-refractivity contribution is -0.139. The van der Waals surface area contributed by atoms with Crippen molar-refractivity contribution in [3.05, 3.63) is 24.3 Å². The maximum Gasteiger partial charge on any atom is 0.309 e. The predicted molar refractivity (Wildman–Crippen MR) is 101 cm³/mol. The molecule has 1 aromatic rings. The van der Waals surface area contributed by atoms with Gasteiger partial charge in [-0.15, -0.1) is 0 Å². The van der Waals surface area contributed by atoms with Gasteiger partial charge in [-0.05, 0) is 43.5 Å². The van der Waals surface area contributed by atoms with Crippen LogP contribution < -0.4 is 15.4 Å². The first kappa shape index (κ1) is 21.2. The highest BCUT2D eigenvalue weighted by Gasteiger charge is 2.35. The summed E-state index contributed by atoms with van der Waals surface area (Å²) in [5.41, 5.74) is 0. The maximum absolute atomic E-state index is 12.9. The molecule has 8 nitrogen and oxygen atoms in total. The second kappa shape index (κ2) is 9.70. The molecule has 1 aliphatic rings. The number of carbonyl (C=O) groups is 2. The van der Waals surface area contributed by atoms with Gasteiger partial charge < -0.3 is 15.4 Å². The molecule has 1 aliphatic heterocycles. The SMILES string of the molecule is CCCCNC(=O)C(=O)NC[C@H]1CCCN1S(=O)(=O)c1ccc(OC)cc1. The molecule has 0 radical (unpaired) electrons. The first-order chi connectivity index (χ1) is 12.9. The average molecular weight is 397 g/mol. The van der Waals surface area contributed by atoms with E-state index in [-0.39, 0.29) is 17.5 Å². The van der Waals surface area contributed by atoms with Crippen LogP contribution in [0, 0.1) is 0 Å². The third-order valence-corrected chi connectivity index (χ3v) is 6.48. The number of sulfonamides is 1. The van der Waals surface area contributed by atoms with Gasteiger partial charge in [0.2, 0.25) is 10.0 Å². The summed E-state index contributed by atoms with van der Waals surface area (Å²) in [6.07, 6.45) is 3.06. The number of hydrogen-bond donors (Lipinski definition) is 2. The highest BCUT2D eigenvalue weighted by Crippen LogP contribution is 2.26. The molecule has 9 heteroatoms. The molecule has 2 N–H and O–H groups in total. The van der Waals surface area contributed by atoms with E-state index in [9.17, 15) is 18.0 Å². The molecule has 0 saturated carbocycles. The minimum absolute atomic E-state index is 0.107. The van der Waals surface area contributed by atoms with E-state index in [1.165, 1.54) is 23.5 Å². The van der Waals surface area contributed by atoms with E-state index in [2.05, 4.69) is 10.6 Å². The summed E-state index contributed by atoms with van der Waals surface area (Å²) < 4.78 is 32.2. The van der Waals surface area contributed by atoms with E-state index in [0.29, 0.717) is 31.7 Å². The van der Waals surface area contributed by atoms with Gasteiger partial charge in [0.05, 0.1) is 12.0 Å². The number of benzene rings is 1. The van der Waals surface area contributed by atoms with E-state index < -0.39 is 21.8 Å². The number of nitrogens with one attached hydrogen (secondary N) is 2. The highest BCUT2D eigenvalue weighted by molar-refractivity contribution is 7.89. The van der Waals surface area contributed by atoms with Crippen molar-refractivity contribution in [2.75, 3.05) is 26.7 Å². The zero-order valence-corrected chi connectivity index (χ0v) is 16.5. The smallest absolute Gasteiger partial charge is 0.309 e. The van der Waals surface area contributed by atoms with Crippen LogP contribution in [0.3, 0.4) is 0 Å². The summed E-state index contributed by atoms with van der Waals surface area (Å²) >= 11 is 0. The number of ether oxygens (including phenoxy) is 1. The average Bonchev–Trinajstić information content (AvgIpc) is 3.15. The summed E-state index contributed by atoms with van der Waals surface area (Å²) in [5.74, 6) is -0.848. The van der Waals surface area contributed by atoms with Gasteiger partial charge in [0, 0.05) is 25.7 Å². The van der Waals surface area contributed by atoms with Crippen molar-refractivity contribution < 1.29 is 22.7 Å². The molecule has 2 rings (SSSR count). The van der Waals surface area contributed by atoms with Crippen molar-refractivity contribution in [3.63, 3.8) is 0 Å². The number of nitrogens with zero attached hydrogens (tertiary/aromatic N) is 1. The van der Waals surface area contributed by atoms with Crippen molar-refractivity contribution >= 4 is 21.8 Å². The molecule has 1 aromatic carbocycles. The Morgan fingerprint density at radius 1 is 1.19 bits per heavy atom. The molecule has 1 fully saturated rings. The number of amides is 2. The third kappa shape index (κ3) is 5.43. The van der Waals surface area contributed by atoms with E-state index in [1.807, 2.05) is 6.92 Å². The standard InChI is InChI=1S/C18H27N3O5S/c1-3-4-11-19-17(22)18(23)20-13-14-6-5-12-21(14)27(24,25)16-9-7-15(26-2)8-10-16/h7-10,14H,3-6,11-13H2,1-2H3,(H,19,22)(H,20,23)/t14-/m1/s1. The van der Waals surface area contributed by atoms with Gasteiger partial charge >= 0.3 is 11.8 Å². The normalized spacial score (nSPS) is 17.5. The molecular formula is C18H27N3O5S. The fourth-order valence-corrected chi connectivity index (χ4v) is 4.66. The second-order valence-corrected chi connectivity index (χ2v) is 8.30. The zero-order valence-electron chi connectivity index (χ0n) is 15.7. The Balaban J connectivity index is 1.97. The summed E-state index contributed by atoms with van der Waals surface area (Å²) in [6.45, 7) is 2.93. The Morgan fingerprint density at radius 3 is 2.48 bits per heavy atom. The molecule has 0 bridgehead atoms. The van der Waals surface area contributed by atoms with E-state index >= 15 is 0 Å². The fourth-order valence-electron chi connectivity index (χ4n) is 2.96. The third-order valence-electron chi connectivity index (χ3n) is 4.51. The lowest BCUT2D eigenvalue weighted by atomic mass is 10.2. The maximum atomic E-state index is 12.9. The number of rotatable bonds is 8. The first-order valence-electron chi connectivity index (χ1n) is 9.12.